The standard InChI is InChI=1S/C17H24N4O4S/c1-26-10-8-14(18)17(23)20-9-2-3-15(20)16(22)19-11-12-4-6-13(7-5-12)21(24)25/h4-7,14-15H,2-3,8-11,18H2,1H3,(H,19,22)/t14-,15-/m0/s1. The second kappa shape index (κ2) is 9.54. The molecule has 2 rings (SSSR count). The molecule has 0 unspecified atom stereocenters. The summed E-state index contributed by atoms with van der Waals surface area (Å²) in [6.07, 6.45) is 3.94. The molecule has 0 spiro atoms. The van der Waals surface area contributed by atoms with Crippen LogP contribution in [-0.2, 0) is 16.1 Å². The van der Waals surface area contributed by atoms with Crippen molar-refractivity contribution in [2.24, 2.45) is 5.73 Å². The van der Waals surface area contributed by atoms with Crippen molar-refractivity contribution in [3.05, 3.63) is 39.9 Å². The van der Waals surface area contributed by atoms with Gasteiger partial charge < -0.3 is 16.0 Å². The number of amides is 2. The number of hydrogen-bond acceptors (Lipinski definition) is 6. The SMILES string of the molecule is CSCC[C@H](N)C(=O)N1CCC[C@H]1C(=O)NCc1ccc([N+](=O)[O-])cc1. The first-order chi connectivity index (χ1) is 12.4. The number of carbonyl (C=O) groups is 2. The van der Waals surface area contributed by atoms with Crippen LogP contribution in [0.4, 0.5) is 5.69 Å². The van der Waals surface area contributed by atoms with Crippen LogP contribution in [-0.4, -0.2) is 52.3 Å². The number of thioether (sulfide) groups is 1. The van der Waals surface area contributed by atoms with E-state index in [1.54, 1.807) is 28.8 Å². The van der Waals surface area contributed by atoms with Gasteiger partial charge in [0.2, 0.25) is 11.8 Å². The number of nitro groups is 1. The van der Waals surface area contributed by atoms with Gasteiger partial charge in [-0.3, -0.25) is 19.7 Å². The van der Waals surface area contributed by atoms with Crippen LogP contribution < -0.4 is 11.1 Å². The van der Waals surface area contributed by atoms with E-state index in [4.69, 9.17) is 5.73 Å². The Morgan fingerprint density at radius 2 is 2.12 bits per heavy atom. The van der Waals surface area contributed by atoms with Crippen LogP contribution in [0.15, 0.2) is 24.3 Å². The Balaban J connectivity index is 1.91. The number of hydrogen-bond donors (Lipinski definition) is 2. The van der Waals surface area contributed by atoms with Gasteiger partial charge >= 0.3 is 0 Å². The molecule has 1 aromatic rings. The van der Waals surface area contributed by atoms with Gasteiger partial charge in [-0.25, -0.2) is 0 Å². The van der Waals surface area contributed by atoms with Gasteiger partial charge in [-0.1, -0.05) is 12.1 Å². The molecule has 1 aliphatic heterocycles. The zero-order valence-electron chi connectivity index (χ0n) is 14.7. The maximum absolute atomic E-state index is 12.5. The lowest BCUT2D eigenvalue weighted by Crippen LogP contribution is -2.51. The largest absolute Gasteiger partial charge is 0.350 e. The lowest BCUT2D eigenvalue weighted by Gasteiger charge is -2.26. The monoisotopic (exact) mass is 380 g/mol. The molecular formula is C17H24N4O4S. The Bertz CT molecular complexity index is 653. The molecule has 8 nitrogen and oxygen atoms in total. The minimum Gasteiger partial charge on any atom is -0.350 e. The van der Waals surface area contributed by atoms with Crippen LogP contribution in [0.3, 0.4) is 0 Å². The van der Waals surface area contributed by atoms with E-state index in [0.29, 0.717) is 19.4 Å². The zero-order valence-corrected chi connectivity index (χ0v) is 15.5. The summed E-state index contributed by atoms with van der Waals surface area (Å²) in [7, 11) is 0. The van der Waals surface area contributed by atoms with Gasteiger partial charge in [0.15, 0.2) is 0 Å². The molecule has 0 bridgehead atoms. The highest BCUT2D eigenvalue weighted by molar-refractivity contribution is 7.98. The fraction of sp³-hybridized carbons (Fsp3) is 0.529. The second-order valence-corrected chi connectivity index (χ2v) is 7.20. The average molecular weight is 380 g/mol. The van der Waals surface area contributed by atoms with E-state index in [-0.39, 0.29) is 24.0 Å². The maximum atomic E-state index is 12.5. The van der Waals surface area contributed by atoms with Gasteiger partial charge in [-0.05, 0) is 36.8 Å². The number of likely N-dealkylation sites (tertiary alicyclic amines) is 1. The van der Waals surface area contributed by atoms with Gasteiger partial charge in [-0.15, -0.1) is 0 Å². The molecule has 142 valence electrons. The lowest BCUT2D eigenvalue weighted by molar-refractivity contribution is -0.384. The van der Waals surface area contributed by atoms with Crippen molar-refractivity contribution in [3.8, 4) is 0 Å². The molecule has 0 saturated carbocycles. The minimum absolute atomic E-state index is 0.00636. The van der Waals surface area contributed by atoms with Crippen LogP contribution >= 0.6 is 11.8 Å². The molecule has 1 heterocycles. The molecule has 0 aliphatic carbocycles. The highest BCUT2D eigenvalue weighted by Crippen LogP contribution is 2.19. The maximum Gasteiger partial charge on any atom is 0.269 e. The Morgan fingerprint density at radius 3 is 2.73 bits per heavy atom. The van der Waals surface area contributed by atoms with Crippen LogP contribution in [0.2, 0.25) is 0 Å². The molecule has 9 heteroatoms. The Hall–Kier alpha value is -2.13. The van der Waals surface area contributed by atoms with E-state index in [9.17, 15) is 19.7 Å². The number of rotatable bonds is 8. The van der Waals surface area contributed by atoms with Crippen molar-refractivity contribution in [1.82, 2.24) is 10.2 Å². The predicted octanol–water partition coefficient (Wildman–Crippen LogP) is 1.28. The number of nitrogens with zero attached hydrogens (tertiary/aromatic N) is 2. The number of nitrogens with one attached hydrogen (secondary N) is 1. The van der Waals surface area contributed by atoms with Crippen molar-refractivity contribution < 1.29 is 14.5 Å². The smallest absolute Gasteiger partial charge is 0.269 e. The average Bonchev–Trinajstić information content (AvgIpc) is 3.13. The van der Waals surface area contributed by atoms with Crippen molar-refractivity contribution in [2.75, 3.05) is 18.6 Å². The molecule has 26 heavy (non-hydrogen) atoms. The topological polar surface area (TPSA) is 119 Å². The first-order valence-electron chi connectivity index (χ1n) is 8.50. The van der Waals surface area contributed by atoms with Crippen LogP contribution in [0.1, 0.15) is 24.8 Å². The summed E-state index contributed by atoms with van der Waals surface area (Å²) in [5, 5.41) is 13.5. The van der Waals surface area contributed by atoms with Crippen molar-refractivity contribution in [2.45, 2.75) is 37.9 Å². The summed E-state index contributed by atoms with van der Waals surface area (Å²) in [6.45, 7) is 0.801. The number of carbonyl (C=O) groups excluding carboxylic acids is 2. The summed E-state index contributed by atoms with van der Waals surface area (Å²) >= 11 is 1.63. The van der Waals surface area contributed by atoms with Crippen LogP contribution in [0.5, 0.6) is 0 Å². The quantitative estimate of drug-likeness (QED) is 0.518. The van der Waals surface area contributed by atoms with Crippen molar-refractivity contribution in [1.29, 1.82) is 0 Å². The van der Waals surface area contributed by atoms with Gasteiger partial charge in [-0.2, -0.15) is 11.8 Å². The summed E-state index contributed by atoms with van der Waals surface area (Å²) in [5.41, 5.74) is 6.72. The molecule has 1 aromatic carbocycles. The van der Waals surface area contributed by atoms with Crippen LogP contribution in [0, 0.1) is 10.1 Å². The molecule has 3 N–H and O–H groups in total. The molecule has 2 atom stereocenters. The van der Waals surface area contributed by atoms with E-state index in [2.05, 4.69) is 5.32 Å². The Labute approximate surface area is 156 Å². The number of nitro benzene ring substituents is 1. The highest BCUT2D eigenvalue weighted by atomic mass is 32.2. The van der Waals surface area contributed by atoms with Gasteiger partial charge in [0.25, 0.3) is 5.69 Å². The lowest BCUT2D eigenvalue weighted by atomic mass is 10.1. The molecule has 1 aliphatic rings. The zero-order chi connectivity index (χ0) is 19.1. The van der Waals surface area contributed by atoms with Gasteiger partial charge in [0, 0.05) is 25.2 Å². The fourth-order valence-corrected chi connectivity index (χ4v) is 3.42. The number of benzene rings is 1. The van der Waals surface area contributed by atoms with Crippen molar-refractivity contribution >= 4 is 29.3 Å². The Kier molecular flexibility index (Phi) is 7.40. The van der Waals surface area contributed by atoms with Crippen LogP contribution in [0.25, 0.3) is 0 Å². The molecule has 1 fully saturated rings. The first kappa shape index (κ1) is 20.2. The third kappa shape index (κ3) is 5.18. The summed E-state index contributed by atoms with van der Waals surface area (Å²) in [6, 6.07) is 4.93. The molecule has 1 saturated heterocycles. The van der Waals surface area contributed by atoms with E-state index in [0.717, 1.165) is 17.7 Å². The van der Waals surface area contributed by atoms with E-state index in [1.165, 1.54) is 12.1 Å². The number of non-ortho nitro benzene ring substituents is 1. The van der Waals surface area contributed by atoms with E-state index in [1.807, 2.05) is 6.26 Å². The van der Waals surface area contributed by atoms with Gasteiger partial charge in [0.1, 0.15) is 6.04 Å². The number of nitrogens with two attached hydrogens (primary N) is 1. The first-order valence-corrected chi connectivity index (χ1v) is 9.89. The molecule has 0 radical (unpaired) electrons. The molecular weight excluding hydrogens is 356 g/mol. The van der Waals surface area contributed by atoms with E-state index >= 15 is 0 Å². The minimum atomic E-state index is -0.578. The normalized spacial score (nSPS) is 17.8. The van der Waals surface area contributed by atoms with E-state index < -0.39 is 17.0 Å². The summed E-state index contributed by atoms with van der Waals surface area (Å²) in [5.74, 6) is 0.413. The fourth-order valence-electron chi connectivity index (χ4n) is 2.93. The summed E-state index contributed by atoms with van der Waals surface area (Å²) in [4.78, 5) is 36.7. The third-order valence-corrected chi connectivity index (χ3v) is 5.05. The van der Waals surface area contributed by atoms with Crippen molar-refractivity contribution in [3.63, 3.8) is 0 Å². The molecule has 0 aromatic heterocycles. The third-order valence-electron chi connectivity index (χ3n) is 4.40. The predicted molar refractivity (Wildman–Crippen MR) is 101 cm³/mol. The Morgan fingerprint density at radius 1 is 1.42 bits per heavy atom. The van der Waals surface area contributed by atoms with Gasteiger partial charge in [0.05, 0.1) is 11.0 Å². The second-order valence-electron chi connectivity index (χ2n) is 6.22. The highest BCUT2D eigenvalue weighted by Gasteiger charge is 2.35. The molecule has 2 amide bonds. The summed E-state index contributed by atoms with van der Waals surface area (Å²) < 4.78 is 0.